The SMILES string of the molecule is CC(C)(C)OC(=O)N1CC(O)CC(c2ccccc2)C1. The molecule has 0 saturated carbocycles. The van der Waals surface area contributed by atoms with E-state index in [-0.39, 0.29) is 12.0 Å². The van der Waals surface area contributed by atoms with E-state index in [9.17, 15) is 9.90 Å². The van der Waals surface area contributed by atoms with Crippen LogP contribution in [-0.4, -0.2) is 40.9 Å². The maximum absolute atomic E-state index is 12.1. The minimum absolute atomic E-state index is 0.160. The van der Waals surface area contributed by atoms with Crippen LogP contribution in [0.5, 0.6) is 0 Å². The first-order valence-corrected chi connectivity index (χ1v) is 7.06. The molecule has 1 heterocycles. The molecule has 1 N–H and O–H groups in total. The highest BCUT2D eigenvalue weighted by Crippen LogP contribution is 2.27. The largest absolute Gasteiger partial charge is 0.444 e. The lowest BCUT2D eigenvalue weighted by molar-refractivity contribution is -0.0000674. The van der Waals surface area contributed by atoms with E-state index >= 15 is 0 Å². The zero-order chi connectivity index (χ0) is 14.8. The molecule has 1 aromatic carbocycles. The molecule has 2 atom stereocenters. The third-order valence-electron chi connectivity index (χ3n) is 3.35. The maximum Gasteiger partial charge on any atom is 0.410 e. The topological polar surface area (TPSA) is 49.8 Å². The van der Waals surface area contributed by atoms with Gasteiger partial charge in [-0.2, -0.15) is 0 Å². The van der Waals surface area contributed by atoms with Crippen molar-refractivity contribution in [1.29, 1.82) is 0 Å². The van der Waals surface area contributed by atoms with E-state index in [0.29, 0.717) is 19.5 Å². The minimum atomic E-state index is -0.512. The third-order valence-corrected chi connectivity index (χ3v) is 3.35. The number of hydrogen-bond acceptors (Lipinski definition) is 3. The van der Waals surface area contributed by atoms with E-state index in [1.807, 2.05) is 51.1 Å². The van der Waals surface area contributed by atoms with Crippen LogP contribution in [0.25, 0.3) is 0 Å². The first-order valence-electron chi connectivity index (χ1n) is 7.06. The second-order valence-corrected chi connectivity index (χ2v) is 6.38. The summed E-state index contributed by atoms with van der Waals surface area (Å²) in [7, 11) is 0. The highest BCUT2D eigenvalue weighted by atomic mass is 16.6. The number of hydrogen-bond donors (Lipinski definition) is 1. The Kier molecular flexibility index (Phi) is 4.33. The molecule has 4 heteroatoms. The van der Waals surface area contributed by atoms with E-state index in [0.717, 1.165) is 5.56 Å². The van der Waals surface area contributed by atoms with Gasteiger partial charge in [0.15, 0.2) is 0 Å². The van der Waals surface area contributed by atoms with Gasteiger partial charge in [0.25, 0.3) is 0 Å². The Balaban J connectivity index is 2.07. The fraction of sp³-hybridized carbons (Fsp3) is 0.562. The molecule has 1 saturated heterocycles. The Morgan fingerprint density at radius 3 is 2.50 bits per heavy atom. The number of β-amino-alcohol motifs (C(OH)–C–C–N with tert-alkyl or cyclic N) is 1. The lowest BCUT2D eigenvalue weighted by atomic mass is 9.89. The van der Waals surface area contributed by atoms with Crippen molar-refractivity contribution < 1.29 is 14.6 Å². The minimum Gasteiger partial charge on any atom is -0.444 e. The maximum atomic E-state index is 12.1. The summed E-state index contributed by atoms with van der Waals surface area (Å²) in [5.74, 6) is 0.160. The molecular weight excluding hydrogens is 254 g/mol. The molecule has 1 aliphatic heterocycles. The summed E-state index contributed by atoms with van der Waals surface area (Å²) in [5.41, 5.74) is 0.640. The molecule has 0 bridgehead atoms. The fourth-order valence-corrected chi connectivity index (χ4v) is 2.51. The number of aliphatic hydroxyl groups is 1. The Morgan fingerprint density at radius 1 is 1.25 bits per heavy atom. The summed E-state index contributed by atoms with van der Waals surface area (Å²) in [6, 6.07) is 10.0. The van der Waals surface area contributed by atoms with Gasteiger partial charge in [0, 0.05) is 19.0 Å². The van der Waals surface area contributed by atoms with Crippen molar-refractivity contribution in [3.8, 4) is 0 Å². The van der Waals surface area contributed by atoms with Crippen molar-refractivity contribution in [1.82, 2.24) is 4.90 Å². The predicted octanol–water partition coefficient (Wildman–Crippen LogP) is 2.77. The second-order valence-electron chi connectivity index (χ2n) is 6.38. The number of piperidine rings is 1. The normalized spacial score (nSPS) is 23.5. The summed E-state index contributed by atoms with van der Waals surface area (Å²) in [5, 5.41) is 10.0. The first kappa shape index (κ1) is 14.9. The van der Waals surface area contributed by atoms with Gasteiger partial charge in [0.1, 0.15) is 5.60 Å². The molecule has 1 amide bonds. The summed E-state index contributed by atoms with van der Waals surface area (Å²) >= 11 is 0. The Bertz CT molecular complexity index is 453. The number of likely N-dealkylation sites (tertiary alicyclic amines) is 1. The van der Waals surface area contributed by atoms with Crippen molar-refractivity contribution in [3.63, 3.8) is 0 Å². The van der Waals surface area contributed by atoms with E-state index in [2.05, 4.69) is 0 Å². The standard InChI is InChI=1S/C16H23NO3/c1-16(2,3)20-15(19)17-10-13(9-14(18)11-17)12-7-5-4-6-8-12/h4-8,13-14,18H,9-11H2,1-3H3. The van der Waals surface area contributed by atoms with Gasteiger partial charge in [-0.25, -0.2) is 4.79 Å². The number of aliphatic hydroxyl groups excluding tert-OH is 1. The predicted molar refractivity (Wildman–Crippen MR) is 77.6 cm³/mol. The van der Waals surface area contributed by atoms with Crippen LogP contribution in [0.1, 0.15) is 38.7 Å². The average molecular weight is 277 g/mol. The Labute approximate surface area is 120 Å². The lowest BCUT2D eigenvalue weighted by Crippen LogP contribution is -2.47. The Hall–Kier alpha value is -1.55. The number of nitrogens with zero attached hydrogens (tertiary/aromatic N) is 1. The van der Waals surface area contributed by atoms with Gasteiger partial charge in [-0.15, -0.1) is 0 Å². The van der Waals surface area contributed by atoms with Gasteiger partial charge in [0.2, 0.25) is 0 Å². The third kappa shape index (κ3) is 3.97. The second kappa shape index (κ2) is 5.83. The van der Waals surface area contributed by atoms with E-state index in [1.165, 1.54) is 0 Å². The van der Waals surface area contributed by atoms with Crippen LogP contribution in [0.3, 0.4) is 0 Å². The van der Waals surface area contributed by atoms with E-state index < -0.39 is 11.7 Å². The van der Waals surface area contributed by atoms with Crippen molar-refractivity contribution in [3.05, 3.63) is 35.9 Å². The molecule has 0 radical (unpaired) electrons. The zero-order valence-corrected chi connectivity index (χ0v) is 12.4. The van der Waals surface area contributed by atoms with Crippen molar-refractivity contribution >= 4 is 6.09 Å². The van der Waals surface area contributed by atoms with Gasteiger partial charge in [-0.05, 0) is 32.8 Å². The highest BCUT2D eigenvalue weighted by Gasteiger charge is 2.32. The molecule has 4 nitrogen and oxygen atoms in total. The van der Waals surface area contributed by atoms with Crippen LogP contribution in [0.4, 0.5) is 4.79 Å². The molecule has 2 rings (SSSR count). The van der Waals surface area contributed by atoms with Gasteiger partial charge in [0.05, 0.1) is 6.10 Å². The molecule has 0 aromatic heterocycles. The molecule has 0 aliphatic carbocycles. The van der Waals surface area contributed by atoms with Gasteiger partial charge in [-0.1, -0.05) is 30.3 Å². The number of carbonyl (C=O) groups is 1. The molecule has 0 spiro atoms. The highest BCUT2D eigenvalue weighted by molar-refractivity contribution is 5.68. The van der Waals surface area contributed by atoms with Crippen LogP contribution >= 0.6 is 0 Å². The molecule has 1 aromatic rings. The average Bonchev–Trinajstić information content (AvgIpc) is 2.37. The van der Waals surface area contributed by atoms with Crippen LogP contribution in [0.2, 0.25) is 0 Å². The summed E-state index contributed by atoms with van der Waals surface area (Å²) in [6.45, 7) is 6.48. The fourth-order valence-electron chi connectivity index (χ4n) is 2.51. The van der Waals surface area contributed by atoms with Crippen LogP contribution in [0.15, 0.2) is 30.3 Å². The summed E-state index contributed by atoms with van der Waals surface area (Å²) in [4.78, 5) is 13.7. The molecular formula is C16H23NO3. The molecule has 1 fully saturated rings. The Morgan fingerprint density at radius 2 is 1.90 bits per heavy atom. The van der Waals surface area contributed by atoms with Gasteiger partial charge < -0.3 is 14.7 Å². The van der Waals surface area contributed by atoms with Crippen LogP contribution in [-0.2, 0) is 4.74 Å². The van der Waals surface area contributed by atoms with Crippen LogP contribution < -0.4 is 0 Å². The number of benzene rings is 1. The molecule has 20 heavy (non-hydrogen) atoms. The number of rotatable bonds is 1. The molecule has 2 unspecified atom stereocenters. The smallest absolute Gasteiger partial charge is 0.410 e. The summed E-state index contributed by atoms with van der Waals surface area (Å²) < 4.78 is 5.39. The van der Waals surface area contributed by atoms with Gasteiger partial charge >= 0.3 is 6.09 Å². The molecule has 110 valence electrons. The van der Waals surface area contributed by atoms with Gasteiger partial charge in [-0.3, -0.25) is 0 Å². The quantitative estimate of drug-likeness (QED) is 0.858. The van der Waals surface area contributed by atoms with Crippen molar-refractivity contribution in [2.75, 3.05) is 13.1 Å². The monoisotopic (exact) mass is 277 g/mol. The number of amides is 1. The first-order chi connectivity index (χ1) is 9.35. The van der Waals surface area contributed by atoms with E-state index in [1.54, 1.807) is 4.90 Å². The number of ether oxygens (including phenoxy) is 1. The summed E-state index contributed by atoms with van der Waals surface area (Å²) in [6.07, 6.45) is -0.165. The molecule has 1 aliphatic rings. The van der Waals surface area contributed by atoms with Crippen molar-refractivity contribution in [2.45, 2.75) is 44.8 Å². The zero-order valence-electron chi connectivity index (χ0n) is 12.4. The number of carbonyl (C=O) groups excluding carboxylic acids is 1. The van der Waals surface area contributed by atoms with Crippen molar-refractivity contribution in [2.24, 2.45) is 0 Å². The van der Waals surface area contributed by atoms with E-state index in [4.69, 9.17) is 4.74 Å². The van der Waals surface area contributed by atoms with Crippen LogP contribution in [0, 0.1) is 0 Å². The lowest BCUT2D eigenvalue weighted by Gasteiger charge is -2.36.